The summed E-state index contributed by atoms with van der Waals surface area (Å²) < 4.78 is 5.82. The highest BCUT2D eigenvalue weighted by Gasteiger charge is 2.13. The predicted octanol–water partition coefficient (Wildman–Crippen LogP) is 2.63. The summed E-state index contributed by atoms with van der Waals surface area (Å²) in [6.07, 6.45) is 0. The molecule has 1 rings (SSSR count). The molecule has 0 unspecified atom stereocenters. The lowest BCUT2D eigenvalue weighted by Gasteiger charge is -2.23. The molecule has 0 aliphatic rings. The van der Waals surface area contributed by atoms with Gasteiger partial charge in [-0.3, -0.25) is 0 Å². The summed E-state index contributed by atoms with van der Waals surface area (Å²) in [7, 11) is 0. The average molecular weight is 193 g/mol. The zero-order chi connectivity index (χ0) is 10.8. The fourth-order valence-electron chi connectivity index (χ4n) is 1.21. The Morgan fingerprint density at radius 1 is 1.29 bits per heavy atom. The van der Waals surface area contributed by atoms with E-state index in [-0.39, 0.29) is 5.60 Å². The van der Waals surface area contributed by atoms with E-state index in [4.69, 9.17) is 10.5 Å². The molecule has 0 amide bonds. The van der Waals surface area contributed by atoms with Gasteiger partial charge < -0.3 is 10.5 Å². The van der Waals surface area contributed by atoms with Crippen molar-refractivity contribution in [3.8, 4) is 5.75 Å². The molecule has 0 saturated heterocycles. The molecular weight excluding hydrogens is 174 g/mol. The van der Waals surface area contributed by atoms with Crippen molar-refractivity contribution in [3.05, 3.63) is 29.3 Å². The molecule has 0 bridgehead atoms. The van der Waals surface area contributed by atoms with Crippen LogP contribution in [0.25, 0.3) is 0 Å². The number of ether oxygens (including phenoxy) is 1. The van der Waals surface area contributed by atoms with Gasteiger partial charge >= 0.3 is 0 Å². The van der Waals surface area contributed by atoms with Crippen molar-refractivity contribution in [3.63, 3.8) is 0 Å². The van der Waals surface area contributed by atoms with E-state index in [1.54, 1.807) is 0 Å². The molecule has 2 N–H and O–H groups in total. The van der Waals surface area contributed by atoms with Gasteiger partial charge in [-0.05, 0) is 44.9 Å². The summed E-state index contributed by atoms with van der Waals surface area (Å²) in [6, 6.07) is 6.09. The van der Waals surface area contributed by atoms with Crippen LogP contribution in [0.3, 0.4) is 0 Å². The van der Waals surface area contributed by atoms with Gasteiger partial charge in [-0.25, -0.2) is 0 Å². The van der Waals surface area contributed by atoms with Crippen LogP contribution in [0.4, 0.5) is 0 Å². The van der Waals surface area contributed by atoms with E-state index in [2.05, 4.69) is 0 Å². The number of hydrogen-bond acceptors (Lipinski definition) is 2. The van der Waals surface area contributed by atoms with Crippen molar-refractivity contribution in [2.45, 2.75) is 39.8 Å². The molecule has 0 aliphatic heterocycles. The average Bonchev–Trinajstić information content (AvgIpc) is 2.06. The highest BCUT2D eigenvalue weighted by atomic mass is 16.5. The molecule has 1 aromatic carbocycles. The van der Waals surface area contributed by atoms with Crippen molar-refractivity contribution in [2.24, 2.45) is 5.73 Å². The van der Waals surface area contributed by atoms with Crippen LogP contribution < -0.4 is 10.5 Å². The Hall–Kier alpha value is -1.02. The predicted molar refractivity (Wildman–Crippen MR) is 59.5 cm³/mol. The molecule has 0 spiro atoms. The van der Waals surface area contributed by atoms with E-state index in [1.807, 2.05) is 45.9 Å². The van der Waals surface area contributed by atoms with Gasteiger partial charge in [-0.15, -0.1) is 0 Å². The first kappa shape index (κ1) is 11.1. The van der Waals surface area contributed by atoms with Gasteiger partial charge in [0.1, 0.15) is 11.4 Å². The second kappa shape index (κ2) is 4.01. The zero-order valence-corrected chi connectivity index (χ0v) is 9.42. The van der Waals surface area contributed by atoms with E-state index in [9.17, 15) is 0 Å². The van der Waals surface area contributed by atoms with Crippen LogP contribution in [-0.2, 0) is 6.54 Å². The van der Waals surface area contributed by atoms with E-state index in [1.165, 1.54) is 0 Å². The molecule has 14 heavy (non-hydrogen) atoms. The lowest BCUT2D eigenvalue weighted by molar-refractivity contribution is 0.129. The Morgan fingerprint density at radius 3 is 2.43 bits per heavy atom. The van der Waals surface area contributed by atoms with Gasteiger partial charge in [0.2, 0.25) is 0 Å². The summed E-state index contributed by atoms with van der Waals surface area (Å²) in [4.78, 5) is 0. The number of rotatable bonds is 2. The number of hydrogen-bond donors (Lipinski definition) is 1. The molecule has 1 aromatic rings. The second-order valence-corrected chi connectivity index (χ2v) is 4.52. The SMILES string of the molecule is Cc1ccc(CN)cc1OC(C)(C)C. The Labute approximate surface area is 86.1 Å². The van der Waals surface area contributed by atoms with E-state index in [0.717, 1.165) is 16.9 Å². The Morgan fingerprint density at radius 2 is 1.93 bits per heavy atom. The van der Waals surface area contributed by atoms with E-state index >= 15 is 0 Å². The largest absolute Gasteiger partial charge is 0.488 e. The fourth-order valence-corrected chi connectivity index (χ4v) is 1.21. The lowest BCUT2D eigenvalue weighted by atomic mass is 10.1. The first-order chi connectivity index (χ1) is 6.42. The maximum Gasteiger partial charge on any atom is 0.123 e. The summed E-state index contributed by atoms with van der Waals surface area (Å²) in [5.41, 5.74) is 7.68. The number of nitrogens with two attached hydrogens (primary N) is 1. The Bertz CT molecular complexity index is 313. The standard InChI is InChI=1S/C12H19NO/c1-9-5-6-10(8-13)7-11(9)14-12(2,3)4/h5-7H,8,13H2,1-4H3. The van der Waals surface area contributed by atoms with Crippen LogP contribution in [0.1, 0.15) is 31.9 Å². The van der Waals surface area contributed by atoms with Crippen molar-refractivity contribution in [1.82, 2.24) is 0 Å². The quantitative estimate of drug-likeness (QED) is 0.783. The second-order valence-electron chi connectivity index (χ2n) is 4.52. The van der Waals surface area contributed by atoms with Gasteiger partial charge in [0.15, 0.2) is 0 Å². The monoisotopic (exact) mass is 193 g/mol. The highest BCUT2D eigenvalue weighted by molar-refractivity contribution is 5.36. The van der Waals surface area contributed by atoms with Crippen LogP contribution in [0, 0.1) is 6.92 Å². The maximum absolute atomic E-state index is 5.82. The van der Waals surface area contributed by atoms with Crippen molar-refractivity contribution in [2.75, 3.05) is 0 Å². The summed E-state index contributed by atoms with van der Waals surface area (Å²) in [6.45, 7) is 8.73. The molecule has 2 heteroatoms. The first-order valence-corrected chi connectivity index (χ1v) is 4.91. The van der Waals surface area contributed by atoms with Crippen molar-refractivity contribution in [1.29, 1.82) is 0 Å². The summed E-state index contributed by atoms with van der Waals surface area (Å²) >= 11 is 0. The molecule has 0 fully saturated rings. The van der Waals surface area contributed by atoms with Crippen LogP contribution in [0.5, 0.6) is 5.75 Å². The summed E-state index contributed by atoms with van der Waals surface area (Å²) in [5, 5.41) is 0. The van der Waals surface area contributed by atoms with Gasteiger partial charge in [-0.1, -0.05) is 12.1 Å². The van der Waals surface area contributed by atoms with Crippen LogP contribution in [0.2, 0.25) is 0 Å². The topological polar surface area (TPSA) is 35.2 Å². The Balaban J connectivity index is 2.95. The zero-order valence-electron chi connectivity index (χ0n) is 9.42. The molecule has 0 saturated carbocycles. The minimum absolute atomic E-state index is 0.155. The fraction of sp³-hybridized carbons (Fsp3) is 0.500. The normalized spacial score (nSPS) is 11.5. The molecule has 0 aromatic heterocycles. The summed E-state index contributed by atoms with van der Waals surface area (Å²) in [5.74, 6) is 0.931. The lowest BCUT2D eigenvalue weighted by Crippen LogP contribution is -2.23. The highest BCUT2D eigenvalue weighted by Crippen LogP contribution is 2.23. The maximum atomic E-state index is 5.82. The molecular formula is C12H19NO. The van der Waals surface area contributed by atoms with Gasteiger partial charge in [-0.2, -0.15) is 0 Å². The smallest absolute Gasteiger partial charge is 0.123 e. The number of aryl methyl sites for hydroxylation is 1. The van der Waals surface area contributed by atoms with Crippen LogP contribution >= 0.6 is 0 Å². The van der Waals surface area contributed by atoms with Crippen LogP contribution in [-0.4, -0.2) is 5.60 Å². The third-order valence-electron chi connectivity index (χ3n) is 1.90. The molecule has 0 heterocycles. The van der Waals surface area contributed by atoms with E-state index in [0.29, 0.717) is 6.54 Å². The Kier molecular flexibility index (Phi) is 3.17. The van der Waals surface area contributed by atoms with Crippen molar-refractivity contribution < 1.29 is 4.74 Å². The van der Waals surface area contributed by atoms with Gasteiger partial charge in [0.25, 0.3) is 0 Å². The van der Waals surface area contributed by atoms with Crippen LogP contribution in [0.15, 0.2) is 18.2 Å². The third-order valence-corrected chi connectivity index (χ3v) is 1.90. The van der Waals surface area contributed by atoms with E-state index < -0.39 is 0 Å². The minimum atomic E-state index is -0.155. The molecule has 78 valence electrons. The molecule has 0 aliphatic carbocycles. The van der Waals surface area contributed by atoms with Crippen molar-refractivity contribution >= 4 is 0 Å². The molecule has 0 atom stereocenters. The molecule has 0 radical (unpaired) electrons. The van der Waals surface area contributed by atoms with Gasteiger partial charge in [0, 0.05) is 6.54 Å². The minimum Gasteiger partial charge on any atom is -0.488 e. The van der Waals surface area contributed by atoms with Gasteiger partial charge in [0.05, 0.1) is 0 Å². The first-order valence-electron chi connectivity index (χ1n) is 4.91. The third kappa shape index (κ3) is 3.04. The number of benzene rings is 1. The molecule has 2 nitrogen and oxygen atoms in total.